The predicted molar refractivity (Wildman–Crippen MR) is 49.6 cm³/mol. The van der Waals surface area contributed by atoms with Gasteiger partial charge in [-0.05, 0) is 0 Å². The van der Waals surface area contributed by atoms with Crippen LogP contribution in [0.15, 0.2) is 24.8 Å². The molecule has 0 radical (unpaired) electrons. The minimum Gasteiger partial charge on any atom is -0.348 e. The Bertz CT molecular complexity index is 352. The number of nitrogens with zero attached hydrogens (tertiary/aromatic N) is 2. The summed E-state index contributed by atoms with van der Waals surface area (Å²) in [6.07, 6.45) is 7.33. The van der Waals surface area contributed by atoms with Crippen LogP contribution in [0.2, 0.25) is 0 Å². The number of hydrogen-bond acceptors (Lipinski definition) is 3. The zero-order valence-corrected chi connectivity index (χ0v) is 7.53. The van der Waals surface area contributed by atoms with Crippen molar-refractivity contribution in [2.45, 2.75) is 12.8 Å². The SMILES string of the molecule is O=C(Cc1ncc[nH]1)Cc1ncc[nH]1. The first-order valence-electron chi connectivity index (χ1n) is 4.33. The van der Waals surface area contributed by atoms with Crippen molar-refractivity contribution in [3.8, 4) is 0 Å². The van der Waals surface area contributed by atoms with Crippen LogP contribution in [0, 0.1) is 0 Å². The summed E-state index contributed by atoms with van der Waals surface area (Å²) in [6, 6.07) is 0. The van der Waals surface area contributed by atoms with Crippen LogP contribution in [0.25, 0.3) is 0 Å². The maximum Gasteiger partial charge on any atom is 0.147 e. The minimum absolute atomic E-state index is 0.0925. The summed E-state index contributed by atoms with van der Waals surface area (Å²) in [5.74, 6) is 1.48. The number of ketones is 1. The highest BCUT2D eigenvalue weighted by atomic mass is 16.1. The average Bonchev–Trinajstić information content (AvgIpc) is 2.76. The second-order valence-electron chi connectivity index (χ2n) is 2.96. The van der Waals surface area contributed by atoms with Gasteiger partial charge in [0, 0.05) is 24.8 Å². The van der Waals surface area contributed by atoms with Gasteiger partial charge in [0.25, 0.3) is 0 Å². The fraction of sp³-hybridized carbons (Fsp3) is 0.222. The van der Waals surface area contributed by atoms with E-state index in [4.69, 9.17) is 0 Å². The molecule has 0 saturated carbocycles. The van der Waals surface area contributed by atoms with Gasteiger partial charge in [-0.3, -0.25) is 4.79 Å². The molecular formula is C9H10N4O. The minimum atomic E-state index is 0.0925. The fourth-order valence-electron chi connectivity index (χ4n) is 1.23. The second-order valence-corrected chi connectivity index (χ2v) is 2.96. The molecule has 5 nitrogen and oxygen atoms in total. The van der Waals surface area contributed by atoms with E-state index in [1.54, 1.807) is 24.8 Å². The quantitative estimate of drug-likeness (QED) is 0.736. The molecule has 0 fully saturated rings. The number of Topliss-reactive ketones (excluding diaryl/α,β-unsaturated/α-hetero) is 1. The number of carbonyl (C=O) groups is 1. The first-order valence-corrected chi connectivity index (χ1v) is 4.33. The monoisotopic (exact) mass is 190 g/mol. The normalized spacial score (nSPS) is 10.3. The third-order valence-electron chi connectivity index (χ3n) is 1.84. The Kier molecular flexibility index (Phi) is 2.40. The molecule has 0 saturated heterocycles. The molecule has 2 N–H and O–H groups in total. The Hall–Kier alpha value is -1.91. The molecule has 14 heavy (non-hydrogen) atoms. The maximum absolute atomic E-state index is 11.5. The Balaban J connectivity index is 1.91. The van der Waals surface area contributed by atoms with Crippen LogP contribution in [0.1, 0.15) is 11.6 Å². The molecule has 0 aliphatic heterocycles. The van der Waals surface area contributed by atoms with E-state index in [-0.39, 0.29) is 5.78 Å². The standard InChI is InChI=1S/C9H10N4O/c14-7(5-8-10-1-2-11-8)6-9-12-3-4-13-9/h1-4H,5-6H2,(H,10,11)(H,12,13). The van der Waals surface area contributed by atoms with Crippen molar-refractivity contribution >= 4 is 5.78 Å². The summed E-state index contributed by atoms with van der Waals surface area (Å²) in [7, 11) is 0. The van der Waals surface area contributed by atoms with Gasteiger partial charge >= 0.3 is 0 Å². The molecule has 0 amide bonds. The van der Waals surface area contributed by atoms with Crippen LogP contribution in [-0.2, 0) is 17.6 Å². The van der Waals surface area contributed by atoms with E-state index in [1.165, 1.54) is 0 Å². The van der Waals surface area contributed by atoms with Crippen LogP contribution in [0.5, 0.6) is 0 Å². The number of carbonyl (C=O) groups excluding carboxylic acids is 1. The van der Waals surface area contributed by atoms with E-state index < -0.39 is 0 Å². The van der Waals surface area contributed by atoms with Crippen molar-refractivity contribution in [2.24, 2.45) is 0 Å². The molecule has 2 aromatic heterocycles. The summed E-state index contributed by atoms with van der Waals surface area (Å²) in [6.45, 7) is 0. The van der Waals surface area contributed by atoms with Crippen LogP contribution in [0.4, 0.5) is 0 Å². The largest absolute Gasteiger partial charge is 0.348 e. The summed E-state index contributed by atoms with van der Waals surface area (Å²) < 4.78 is 0. The second kappa shape index (κ2) is 3.87. The summed E-state index contributed by atoms with van der Waals surface area (Å²) in [5.41, 5.74) is 0. The molecule has 2 rings (SSSR count). The fourth-order valence-corrected chi connectivity index (χ4v) is 1.23. The van der Waals surface area contributed by atoms with Gasteiger partial charge in [0.2, 0.25) is 0 Å². The summed E-state index contributed by atoms with van der Waals surface area (Å²) in [4.78, 5) is 25.2. The Morgan fingerprint density at radius 1 is 1.07 bits per heavy atom. The lowest BCUT2D eigenvalue weighted by molar-refractivity contribution is -0.118. The van der Waals surface area contributed by atoms with Crippen LogP contribution in [0.3, 0.4) is 0 Å². The van der Waals surface area contributed by atoms with Gasteiger partial charge in [-0.15, -0.1) is 0 Å². The van der Waals surface area contributed by atoms with Crippen molar-refractivity contribution in [3.63, 3.8) is 0 Å². The van der Waals surface area contributed by atoms with E-state index in [9.17, 15) is 4.79 Å². The first kappa shape index (κ1) is 8.68. The predicted octanol–water partition coefficient (Wildman–Crippen LogP) is 0.487. The van der Waals surface area contributed by atoms with E-state index >= 15 is 0 Å². The number of imidazole rings is 2. The molecule has 0 aliphatic rings. The number of H-pyrrole nitrogens is 2. The van der Waals surface area contributed by atoms with Crippen LogP contribution < -0.4 is 0 Å². The average molecular weight is 190 g/mol. The van der Waals surface area contributed by atoms with E-state index in [0.717, 1.165) is 0 Å². The Labute approximate surface area is 80.6 Å². The van der Waals surface area contributed by atoms with Gasteiger partial charge in [-0.2, -0.15) is 0 Å². The summed E-state index contributed by atoms with van der Waals surface area (Å²) in [5, 5.41) is 0. The lowest BCUT2D eigenvalue weighted by Crippen LogP contribution is -2.08. The van der Waals surface area contributed by atoms with Crippen molar-refractivity contribution in [1.29, 1.82) is 0 Å². The zero-order chi connectivity index (χ0) is 9.80. The number of aromatic nitrogens is 4. The lowest BCUT2D eigenvalue weighted by Gasteiger charge is -1.95. The van der Waals surface area contributed by atoms with Crippen molar-refractivity contribution in [2.75, 3.05) is 0 Å². The molecule has 0 unspecified atom stereocenters. The molecule has 5 heteroatoms. The van der Waals surface area contributed by atoms with Gasteiger partial charge in [0.15, 0.2) is 0 Å². The van der Waals surface area contributed by atoms with Gasteiger partial charge in [-0.25, -0.2) is 9.97 Å². The Morgan fingerprint density at radius 2 is 1.57 bits per heavy atom. The van der Waals surface area contributed by atoms with Crippen LogP contribution >= 0.6 is 0 Å². The van der Waals surface area contributed by atoms with Crippen molar-refractivity contribution < 1.29 is 4.79 Å². The Morgan fingerprint density at radius 3 is 1.93 bits per heavy atom. The molecular weight excluding hydrogens is 180 g/mol. The van der Waals surface area contributed by atoms with Crippen LogP contribution in [-0.4, -0.2) is 25.7 Å². The van der Waals surface area contributed by atoms with Crippen molar-refractivity contribution in [1.82, 2.24) is 19.9 Å². The third kappa shape index (κ3) is 2.07. The van der Waals surface area contributed by atoms with Gasteiger partial charge in [0.05, 0.1) is 12.8 Å². The third-order valence-corrected chi connectivity index (χ3v) is 1.84. The molecule has 0 atom stereocenters. The number of rotatable bonds is 4. The topological polar surface area (TPSA) is 74.4 Å². The van der Waals surface area contributed by atoms with E-state index in [1.807, 2.05) is 0 Å². The zero-order valence-electron chi connectivity index (χ0n) is 7.53. The molecule has 0 aliphatic carbocycles. The lowest BCUT2D eigenvalue weighted by atomic mass is 10.2. The molecule has 0 spiro atoms. The highest BCUT2D eigenvalue weighted by Crippen LogP contribution is 1.97. The highest BCUT2D eigenvalue weighted by molar-refractivity contribution is 5.81. The first-order chi connectivity index (χ1) is 6.84. The van der Waals surface area contributed by atoms with Gasteiger partial charge < -0.3 is 9.97 Å². The van der Waals surface area contributed by atoms with Gasteiger partial charge in [-0.1, -0.05) is 0 Å². The highest BCUT2D eigenvalue weighted by Gasteiger charge is 2.07. The van der Waals surface area contributed by atoms with E-state index in [0.29, 0.717) is 24.5 Å². The number of nitrogens with one attached hydrogen (secondary N) is 2. The maximum atomic E-state index is 11.5. The number of hydrogen-bond donors (Lipinski definition) is 2. The molecule has 0 bridgehead atoms. The van der Waals surface area contributed by atoms with Gasteiger partial charge in [0.1, 0.15) is 17.4 Å². The molecule has 2 aromatic rings. The van der Waals surface area contributed by atoms with Crippen molar-refractivity contribution in [3.05, 3.63) is 36.4 Å². The molecule has 0 aromatic carbocycles. The number of aromatic amines is 2. The van der Waals surface area contributed by atoms with E-state index in [2.05, 4.69) is 19.9 Å². The molecule has 72 valence electrons. The molecule has 2 heterocycles. The smallest absolute Gasteiger partial charge is 0.147 e. The summed E-state index contributed by atoms with van der Waals surface area (Å²) >= 11 is 0.